The normalized spacial score (nSPS) is 24.8. The van der Waals surface area contributed by atoms with Crippen LogP contribution in [0.15, 0.2) is 24.5 Å². The topological polar surface area (TPSA) is 104 Å². The van der Waals surface area contributed by atoms with E-state index in [1.807, 2.05) is 23.4 Å². The first-order chi connectivity index (χ1) is 12.1. The van der Waals surface area contributed by atoms with Crippen LogP contribution in [0.25, 0.3) is 11.0 Å². The third-order valence-electron chi connectivity index (χ3n) is 5.48. The van der Waals surface area contributed by atoms with Crippen LogP contribution in [0.4, 0.5) is 0 Å². The highest BCUT2D eigenvalue weighted by molar-refractivity contribution is 5.79. The SMILES string of the molecule is NCC(=O)N[C@H]1C[C@@H]2C[C@@H]1CN2C(=O)CCc1cnc2[nH]ccc2c1. The summed E-state index contributed by atoms with van der Waals surface area (Å²) in [7, 11) is 0. The number of hydrogen-bond acceptors (Lipinski definition) is 4. The average Bonchev–Trinajstić information content (AvgIpc) is 3.33. The second-order valence-corrected chi connectivity index (χ2v) is 7.07. The minimum atomic E-state index is -0.108. The molecule has 4 N–H and O–H groups in total. The molecular formula is C18H23N5O2. The molecule has 2 aliphatic rings. The Hall–Kier alpha value is -2.41. The van der Waals surface area contributed by atoms with Gasteiger partial charge in [-0.2, -0.15) is 0 Å². The van der Waals surface area contributed by atoms with Crippen molar-refractivity contribution in [3.63, 3.8) is 0 Å². The fourth-order valence-electron chi connectivity index (χ4n) is 4.22. The molecule has 2 fully saturated rings. The summed E-state index contributed by atoms with van der Waals surface area (Å²) in [5.74, 6) is 0.454. The molecule has 2 bridgehead atoms. The maximum atomic E-state index is 12.6. The van der Waals surface area contributed by atoms with Crippen molar-refractivity contribution >= 4 is 22.8 Å². The van der Waals surface area contributed by atoms with Gasteiger partial charge in [0, 0.05) is 42.8 Å². The van der Waals surface area contributed by atoms with E-state index in [9.17, 15) is 9.59 Å². The molecule has 1 aliphatic heterocycles. The van der Waals surface area contributed by atoms with E-state index in [4.69, 9.17) is 5.73 Å². The summed E-state index contributed by atoms with van der Waals surface area (Å²) in [6.45, 7) is 0.768. The zero-order chi connectivity index (χ0) is 17.4. The number of carbonyl (C=O) groups excluding carboxylic acids is 2. The highest BCUT2D eigenvalue weighted by atomic mass is 16.2. The lowest BCUT2D eigenvalue weighted by Crippen LogP contribution is -2.48. The number of pyridine rings is 1. The van der Waals surface area contributed by atoms with E-state index in [1.165, 1.54) is 0 Å². The molecular weight excluding hydrogens is 318 g/mol. The third-order valence-corrected chi connectivity index (χ3v) is 5.48. The van der Waals surface area contributed by atoms with Crippen molar-refractivity contribution in [2.75, 3.05) is 13.1 Å². The summed E-state index contributed by atoms with van der Waals surface area (Å²) in [4.78, 5) is 33.5. The van der Waals surface area contributed by atoms with Gasteiger partial charge in [-0.25, -0.2) is 4.98 Å². The highest BCUT2D eigenvalue weighted by Gasteiger charge is 2.46. The fraction of sp³-hybridized carbons (Fsp3) is 0.500. The third kappa shape index (κ3) is 3.11. The Bertz CT molecular complexity index is 802. The van der Waals surface area contributed by atoms with E-state index < -0.39 is 0 Å². The minimum Gasteiger partial charge on any atom is -0.352 e. The Balaban J connectivity index is 1.32. The van der Waals surface area contributed by atoms with E-state index in [-0.39, 0.29) is 30.4 Å². The Labute approximate surface area is 146 Å². The number of amides is 2. The van der Waals surface area contributed by atoms with Crippen molar-refractivity contribution in [3.05, 3.63) is 30.1 Å². The van der Waals surface area contributed by atoms with Gasteiger partial charge in [-0.05, 0) is 42.9 Å². The maximum Gasteiger partial charge on any atom is 0.233 e. The summed E-state index contributed by atoms with van der Waals surface area (Å²) >= 11 is 0. The number of nitrogens with one attached hydrogen (secondary N) is 2. The monoisotopic (exact) mass is 341 g/mol. The lowest BCUT2D eigenvalue weighted by atomic mass is 10.0. The summed E-state index contributed by atoms with van der Waals surface area (Å²) in [6, 6.07) is 4.50. The molecule has 2 amide bonds. The average molecular weight is 341 g/mol. The first-order valence-corrected chi connectivity index (χ1v) is 8.85. The first-order valence-electron chi connectivity index (χ1n) is 8.85. The number of carbonyl (C=O) groups is 2. The molecule has 0 spiro atoms. The van der Waals surface area contributed by atoms with Crippen LogP contribution < -0.4 is 11.1 Å². The summed E-state index contributed by atoms with van der Waals surface area (Å²) < 4.78 is 0. The number of rotatable bonds is 5. The van der Waals surface area contributed by atoms with E-state index in [0.29, 0.717) is 18.8 Å². The van der Waals surface area contributed by atoms with Gasteiger partial charge in [0.2, 0.25) is 11.8 Å². The smallest absolute Gasteiger partial charge is 0.233 e. The molecule has 1 saturated heterocycles. The molecule has 2 aromatic heterocycles. The Kier molecular flexibility index (Phi) is 4.17. The van der Waals surface area contributed by atoms with Gasteiger partial charge in [0.15, 0.2) is 0 Å². The number of aryl methyl sites for hydroxylation is 1. The number of fused-ring (bicyclic) bond motifs is 3. The number of nitrogens with two attached hydrogens (primary N) is 1. The first kappa shape index (κ1) is 16.1. The van der Waals surface area contributed by atoms with Gasteiger partial charge >= 0.3 is 0 Å². The molecule has 132 valence electrons. The molecule has 1 aliphatic carbocycles. The van der Waals surface area contributed by atoms with Crippen molar-refractivity contribution in [3.8, 4) is 0 Å². The lowest BCUT2D eigenvalue weighted by molar-refractivity contribution is -0.133. The van der Waals surface area contributed by atoms with Gasteiger partial charge in [0.05, 0.1) is 6.54 Å². The van der Waals surface area contributed by atoms with Gasteiger partial charge in [0.1, 0.15) is 5.65 Å². The molecule has 0 unspecified atom stereocenters. The maximum absolute atomic E-state index is 12.6. The van der Waals surface area contributed by atoms with Crippen LogP contribution in [-0.2, 0) is 16.0 Å². The van der Waals surface area contributed by atoms with Crippen molar-refractivity contribution in [1.29, 1.82) is 0 Å². The molecule has 0 aromatic carbocycles. The van der Waals surface area contributed by atoms with E-state index in [1.54, 1.807) is 0 Å². The second-order valence-electron chi connectivity index (χ2n) is 7.07. The molecule has 2 aromatic rings. The van der Waals surface area contributed by atoms with Gasteiger partial charge in [-0.1, -0.05) is 0 Å². The van der Waals surface area contributed by atoms with Crippen molar-refractivity contribution in [2.24, 2.45) is 11.7 Å². The zero-order valence-electron chi connectivity index (χ0n) is 14.1. The number of nitrogens with zero attached hydrogens (tertiary/aromatic N) is 2. The van der Waals surface area contributed by atoms with Crippen LogP contribution in [0.1, 0.15) is 24.8 Å². The Morgan fingerprint density at radius 2 is 2.28 bits per heavy atom. The van der Waals surface area contributed by atoms with Gasteiger partial charge in [-0.15, -0.1) is 0 Å². The quantitative estimate of drug-likeness (QED) is 0.739. The van der Waals surface area contributed by atoms with Crippen LogP contribution in [0.2, 0.25) is 0 Å². The van der Waals surface area contributed by atoms with E-state index in [0.717, 1.165) is 36.0 Å². The molecule has 1 saturated carbocycles. The number of aromatic amines is 1. The molecule has 3 atom stereocenters. The van der Waals surface area contributed by atoms with E-state index in [2.05, 4.69) is 21.4 Å². The number of hydrogen-bond donors (Lipinski definition) is 3. The molecule has 4 rings (SSSR count). The summed E-state index contributed by atoms with van der Waals surface area (Å²) in [5, 5.41) is 4.05. The fourth-order valence-corrected chi connectivity index (χ4v) is 4.22. The van der Waals surface area contributed by atoms with Crippen molar-refractivity contribution in [2.45, 2.75) is 37.8 Å². The van der Waals surface area contributed by atoms with Crippen molar-refractivity contribution in [1.82, 2.24) is 20.2 Å². The number of aromatic nitrogens is 2. The zero-order valence-corrected chi connectivity index (χ0v) is 14.1. The number of likely N-dealkylation sites (tertiary alicyclic amines) is 1. The predicted molar refractivity (Wildman–Crippen MR) is 93.6 cm³/mol. The summed E-state index contributed by atoms with van der Waals surface area (Å²) in [6.07, 6.45) is 6.74. The molecule has 3 heterocycles. The molecule has 7 heteroatoms. The Morgan fingerprint density at radius 3 is 3.04 bits per heavy atom. The largest absolute Gasteiger partial charge is 0.352 e. The van der Waals surface area contributed by atoms with Crippen LogP contribution in [0.5, 0.6) is 0 Å². The second kappa shape index (κ2) is 6.48. The van der Waals surface area contributed by atoms with Gasteiger partial charge in [-0.3, -0.25) is 9.59 Å². The van der Waals surface area contributed by atoms with Crippen molar-refractivity contribution < 1.29 is 9.59 Å². The molecule has 25 heavy (non-hydrogen) atoms. The minimum absolute atomic E-state index is 0.0239. The standard InChI is InChI=1S/C18H23N5O2/c19-8-16(24)22-15-7-14-6-13(15)10-23(14)17(25)2-1-11-5-12-3-4-20-18(12)21-9-11/h3-5,9,13-15H,1-2,6-8,10,19H2,(H,20,21)(H,22,24)/t13-,14+,15+/m1/s1. The highest BCUT2D eigenvalue weighted by Crippen LogP contribution is 2.38. The van der Waals surface area contributed by atoms with Crippen LogP contribution in [-0.4, -0.2) is 51.9 Å². The van der Waals surface area contributed by atoms with Crippen LogP contribution >= 0.6 is 0 Å². The van der Waals surface area contributed by atoms with Crippen LogP contribution in [0.3, 0.4) is 0 Å². The molecule has 7 nitrogen and oxygen atoms in total. The number of piperidine rings is 1. The van der Waals surface area contributed by atoms with Gasteiger partial charge < -0.3 is 20.9 Å². The lowest BCUT2D eigenvalue weighted by Gasteiger charge is -2.32. The predicted octanol–water partition coefficient (Wildman–Crippen LogP) is 0.560. The molecule has 0 radical (unpaired) electrons. The number of H-pyrrole nitrogens is 1. The van der Waals surface area contributed by atoms with Gasteiger partial charge in [0.25, 0.3) is 0 Å². The van der Waals surface area contributed by atoms with E-state index >= 15 is 0 Å². The van der Waals surface area contributed by atoms with Crippen LogP contribution in [0, 0.1) is 5.92 Å². The Morgan fingerprint density at radius 1 is 1.40 bits per heavy atom. The summed E-state index contributed by atoms with van der Waals surface area (Å²) in [5.41, 5.74) is 7.32.